The Bertz CT molecular complexity index is 205. The first kappa shape index (κ1) is 9.20. The number of hydrogen-bond acceptors (Lipinski definition) is 2. The van der Waals surface area contributed by atoms with E-state index >= 15 is 0 Å². The fraction of sp³-hybridized carbons (Fsp3) is 0. The van der Waals surface area contributed by atoms with Gasteiger partial charge in [-0.3, -0.25) is 5.84 Å². The van der Waals surface area contributed by atoms with Gasteiger partial charge in [0.1, 0.15) is 5.82 Å². The lowest BCUT2D eigenvalue weighted by Gasteiger charge is -1.97. The summed E-state index contributed by atoms with van der Waals surface area (Å²) in [5, 5.41) is 0. The van der Waals surface area contributed by atoms with Crippen LogP contribution in [-0.2, 0) is 0 Å². The minimum Gasteiger partial charge on any atom is -0.321 e. The quantitative estimate of drug-likeness (QED) is 0.486. The first-order valence-corrected chi connectivity index (χ1v) is 2.56. The Morgan fingerprint density at radius 2 is 1.90 bits per heavy atom. The minimum absolute atomic E-state index is 0. The Hall–Kier alpha value is -0.800. The van der Waals surface area contributed by atoms with Crippen LogP contribution >= 0.6 is 12.4 Å². The number of para-hydroxylation sites is 1. The molecule has 0 spiro atoms. The molecule has 2 nitrogen and oxygen atoms in total. The molecule has 0 heterocycles. The molecule has 0 aliphatic rings. The summed E-state index contributed by atoms with van der Waals surface area (Å²) in [5.74, 6) is 4.63. The van der Waals surface area contributed by atoms with Gasteiger partial charge in [0.25, 0.3) is 0 Å². The van der Waals surface area contributed by atoms with Crippen molar-refractivity contribution < 1.29 is 4.39 Å². The smallest absolute Gasteiger partial charge is 0.147 e. The molecule has 0 aromatic heterocycles. The van der Waals surface area contributed by atoms with Crippen LogP contribution in [0, 0.1) is 5.82 Å². The highest BCUT2D eigenvalue weighted by atomic mass is 35.5. The van der Waals surface area contributed by atoms with E-state index in [2.05, 4.69) is 5.43 Å². The number of benzene rings is 1. The zero-order valence-electron chi connectivity index (χ0n) is 5.17. The van der Waals surface area contributed by atoms with Crippen LogP contribution < -0.4 is 11.3 Å². The number of hydrazine groups is 1. The maximum Gasteiger partial charge on any atom is 0.147 e. The topological polar surface area (TPSA) is 38.0 Å². The Balaban J connectivity index is 0.000000810. The molecule has 1 rings (SSSR count). The average Bonchev–Trinajstić information content (AvgIpc) is 1.89. The van der Waals surface area contributed by atoms with Crippen molar-refractivity contribution in [2.75, 3.05) is 5.43 Å². The fourth-order valence-corrected chi connectivity index (χ4v) is 0.578. The van der Waals surface area contributed by atoms with E-state index in [9.17, 15) is 4.39 Å². The molecule has 0 unspecified atom stereocenters. The molecule has 0 saturated carbocycles. The summed E-state index contributed by atoms with van der Waals surface area (Å²) < 4.78 is 12.4. The third-order valence-electron chi connectivity index (χ3n) is 1.03. The van der Waals surface area contributed by atoms with Crippen LogP contribution in [0.1, 0.15) is 0 Å². The lowest BCUT2D eigenvalue weighted by molar-refractivity contribution is 0.630. The van der Waals surface area contributed by atoms with Crippen LogP contribution in [0.3, 0.4) is 0 Å². The van der Waals surface area contributed by atoms with Gasteiger partial charge in [-0.2, -0.15) is 0 Å². The predicted molar refractivity (Wildman–Crippen MR) is 41.5 cm³/mol. The molecule has 1 aromatic rings. The highest BCUT2D eigenvalue weighted by Crippen LogP contribution is 2.09. The van der Waals surface area contributed by atoms with Gasteiger partial charge in [-0.05, 0) is 12.1 Å². The van der Waals surface area contributed by atoms with Crippen molar-refractivity contribution in [2.45, 2.75) is 0 Å². The van der Waals surface area contributed by atoms with E-state index < -0.39 is 0 Å². The van der Waals surface area contributed by atoms with Gasteiger partial charge in [-0.15, -0.1) is 12.4 Å². The van der Waals surface area contributed by atoms with Crippen LogP contribution in [0.4, 0.5) is 10.1 Å². The molecule has 0 bridgehead atoms. The monoisotopic (exact) mass is 162 g/mol. The van der Waals surface area contributed by atoms with Crippen LogP contribution in [0.15, 0.2) is 24.3 Å². The van der Waals surface area contributed by atoms with E-state index in [0.717, 1.165) is 0 Å². The van der Waals surface area contributed by atoms with Crippen molar-refractivity contribution in [3.63, 3.8) is 0 Å². The summed E-state index contributed by atoms with van der Waals surface area (Å²) in [4.78, 5) is 0. The number of rotatable bonds is 1. The molecule has 0 radical (unpaired) electrons. The van der Waals surface area contributed by atoms with Gasteiger partial charge < -0.3 is 5.43 Å². The first-order valence-electron chi connectivity index (χ1n) is 2.56. The summed E-state index contributed by atoms with van der Waals surface area (Å²) in [7, 11) is 0. The summed E-state index contributed by atoms with van der Waals surface area (Å²) in [6, 6.07) is 6.22. The molecule has 0 aliphatic carbocycles. The van der Waals surface area contributed by atoms with E-state index in [1.54, 1.807) is 18.2 Å². The van der Waals surface area contributed by atoms with Crippen molar-refractivity contribution in [3.8, 4) is 0 Å². The second-order valence-corrected chi connectivity index (χ2v) is 1.62. The fourth-order valence-electron chi connectivity index (χ4n) is 0.578. The molecule has 1 aromatic carbocycles. The Morgan fingerprint density at radius 1 is 1.30 bits per heavy atom. The van der Waals surface area contributed by atoms with Crippen LogP contribution in [0.5, 0.6) is 0 Å². The molecule has 0 aliphatic heterocycles. The average molecular weight is 163 g/mol. The number of halogens is 2. The number of nitrogens with one attached hydrogen (secondary N) is 1. The predicted octanol–water partition coefficient (Wildman–Crippen LogP) is 1.53. The van der Waals surface area contributed by atoms with Gasteiger partial charge in [-0.25, -0.2) is 4.39 Å². The lowest BCUT2D eigenvalue weighted by atomic mass is 10.3. The second kappa shape index (κ2) is 4.09. The van der Waals surface area contributed by atoms with Crippen molar-refractivity contribution in [1.82, 2.24) is 0 Å². The van der Waals surface area contributed by atoms with Crippen molar-refractivity contribution in [1.29, 1.82) is 0 Å². The Morgan fingerprint density at radius 3 is 2.30 bits per heavy atom. The minimum atomic E-state index is -0.333. The van der Waals surface area contributed by atoms with Gasteiger partial charge in [0.2, 0.25) is 0 Å². The highest BCUT2D eigenvalue weighted by molar-refractivity contribution is 5.85. The van der Waals surface area contributed by atoms with E-state index in [0.29, 0.717) is 5.69 Å². The van der Waals surface area contributed by atoms with Gasteiger partial charge in [-0.1, -0.05) is 12.1 Å². The molecule has 0 fully saturated rings. The number of nitrogens with two attached hydrogens (primary N) is 1. The largest absolute Gasteiger partial charge is 0.321 e. The molecule has 3 N–H and O–H groups in total. The van der Waals surface area contributed by atoms with E-state index in [4.69, 9.17) is 5.84 Å². The Labute approximate surface area is 64.6 Å². The normalized spacial score (nSPS) is 8.20. The molecule has 56 valence electrons. The first-order chi connectivity index (χ1) is 4.34. The molecule has 4 heteroatoms. The second-order valence-electron chi connectivity index (χ2n) is 1.62. The maximum atomic E-state index is 12.4. The van der Waals surface area contributed by atoms with Gasteiger partial charge >= 0.3 is 0 Å². The lowest BCUT2D eigenvalue weighted by Crippen LogP contribution is -2.07. The van der Waals surface area contributed by atoms with E-state index in [1.165, 1.54) is 6.07 Å². The van der Waals surface area contributed by atoms with Crippen molar-refractivity contribution in [3.05, 3.63) is 30.1 Å². The molecular weight excluding hydrogens is 155 g/mol. The molecular formula is C6H8ClFN2. The summed E-state index contributed by atoms with van der Waals surface area (Å²) in [6.07, 6.45) is 0. The SMILES string of the molecule is Cl.NNc1ccccc1F. The standard InChI is InChI=1S/C6H7FN2.ClH/c7-5-3-1-2-4-6(5)9-8;/h1-4,9H,8H2;1H. The Kier molecular flexibility index (Phi) is 3.76. The molecule has 0 saturated heterocycles. The van der Waals surface area contributed by atoms with Gasteiger partial charge in [0, 0.05) is 0 Å². The summed E-state index contributed by atoms with van der Waals surface area (Å²) in [6.45, 7) is 0. The molecule has 0 atom stereocenters. The third kappa shape index (κ3) is 1.86. The van der Waals surface area contributed by atoms with E-state index in [1.807, 2.05) is 0 Å². The van der Waals surface area contributed by atoms with Crippen LogP contribution in [0.25, 0.3) is 0 Å². The van der Waals surface area contributed by atoms with Gasteiger partial charge in [0.15, 0.2) is 0 Å². The van der Waals surface area contributed by atoms with Gasteiger partial charge in [0.05, 0.1) is 5.69 Å². The van der Waals surface area contributed by atoms with Crippen molar-refractivity contribution >= 4 is 18.1 Å². The maximum absolute atomic E-state index is 12.4. The van der Waals surface area contributed by atoms with Crippen molar-refractivity contribution in [2.24, 2.45) is 5.84 Å². The zero-order valence-corrected chi connectivity index (χ0v) is 5.99. The number of hydrogen-bond donors (Lipinski definition) is 2. The molecule has 0 amide bonds. The zero-order chi connectivity index (χ0) is 6.69. The van der Waals surface area contributed by atoms with Crippen LogP contribution in [-0.4, -0.2) is 0 Å². The molecule has 10 heavy (non-hydrogen) atoms. The number of anilines is 1. The summed E-state index contributed by atoms with van der Waals surface area (Å²) >= 11 is 0. The van der Waals surface area contributed by atoms with Crippen LogP contribution in [0.2, 0.25) is 0 Å². The highest BCUT2D eigenvalue weighted by Gasteiger charge is 1.93. The summed E-state index contributed by atoms with van der Waals surface area (Å²) in [5.41, 5.74) is 2.54. The number of nitrogen functional groups attached to an aromatic ring is 1. The van der Waals surface area contributed by atoms with E-state index in [-0.39, 0.29) is 18.2 Å². The third-order valence-corrected chi connectivity index (χ3v) is 1.03.